The summed E-state index contributed by atoms with van der Waals surface area (Å²) in [5, 5.41) is 8.64. The van der Waals surface area contributed by atoms with Gasteiger partial charge < -0.3 is 19.4 Å². The van der Waals surface area contributed by atoms with Crippen LogP contribution in [0.2, 0.25) is 0 Å². The van der Waals surface area contributed by atoms with Crippen LogP contribution in [-0.2, 0) is 7.05 Å². The Hall–Kier alpha value is -4.33. The lowest BCUT2D eigenvalue weighted by atomic mass is 9.93. The molecule has 5 aromatic rings. The van der Waals surface area contributed by atoms with Crippen LogP contribution in [0.4, 0.5) is 5.82 Å². The molecular weight excluding hydrogens is 452 g/mol. The number of rotatable bonds is 7. The molecule has 8 nitrogen and oxygen atoms in total. The summed E-state index contributed by atoms with van der Waals surface area (Å²) in [6.45, 7) is 0. The zero-order valence-corrected chi connectivity index (χ0v) is 20.6. The van der Waals surface area contributed by atoms with Gasteiger partial charge in [0.05, 0.1) is 14.2 Å². The summed E-state index contributed by atoms with van der Waals surface area (Å²) in [7, 11) is 5.27. The average molecular weight is 481 g/mol. The molecule has 0 spiro atoms. The highest BCUT2D eigenvalue weighted by Crippen LogP contribution is 2.45. The summed E-state index contributed by atoms with van der Waals surface area (Å²) >= 11 is 0. The van der Waals surface area contributed by atoms with Crippen molar-refractivity contribution in [2.24, 2.45) is 7.05 Å². The van der Waals surface area contributed by atoms with Crippen LogP contribution in [0, 0.1) is 0 Å². The van der Waals surface area contributed by atoms with Crippen molar-refractivity contribution >= 4 is 11.3 Å². The summed E-state index contributed by atoms with van der Waals surface area (Å²) < 4.78 is 15.3. The van der Waals surface area contributed by atoms with E-state index in [0.717, 1.165) is 46.4 Å². The highest BCUT2D eigenvalue weighted by Gasteiger charge is 2.26. The number of aryl methyl sites for hydroxylation is 1. The van der Waals surface area contributed by atoms with Gasteiger partial charge in [0.15, 0.2) is 23.1 Å². The number of methoxy groups -OCH3 is 2. The van der Waals surface area contributed by atoms with Crippen molar-refractivity contribution in [1.29, 1.82) is 0 Å². The van der Waals surface area contributed by atoms with E-state index in [1.165, 1.54) is 6.42 Å². The van der Waals surface area contributed by atoms with Crippen molar-refractivity contribution in [3.05, 3.63) is 67.1 Å². The fraction of sp³-hybridized carbons (Fsp3) is 0.250. The van der Waals surface area contributed by atoms with Crippen molar-refractivity contribution in [2.45, 2.75) is 25.3 Å². The van der Waals surface area contributed by atoms with Gasteiger partial charge in [-0.15, -0.1) is 5.10 Å². The number of ether oxygens (including phenoxy) is 2. The van der Waals surface area contributed by atoms with Crippen LogP contribution in [0.3, 0.4) is 0 Å². The van der Waals surface area contributed by atoms with E-state index < -0.39 is 0 Å². The zero-order valence-electron chi connectivity index (χ0n) is 20.6. The van der Waals surface area contributed by atoms with Crippen molar-refractivity contribution in [3.8, 4) is 45.4 Å². The number of anilines is 1. The van der Waals surface area contributed by atoms with Gasteiger partial charge in [0, 0.05) is 48.4 Å². The molecular formula is C28H28N6O2. The molecule has 36 heavy (non-hydrogen) atoms. The van der Waals surface area contributed by atoms with E-state index in [2.05, 4.69) is 34.7 Å². The smallest absolute Gasteiger partial charge is 0.218 e. The predicted octanol–water partition coefficient (Wildman–Crippen LogP) is 5.45. The Kier molecular flexibility index (Phi) is 5.56. The van der Waals surface area contributed by atoms with E-state index in [1.807, 2.05) is 52.7 Å². The summed E-state index contributed by atoms with van der Waals surface area (Å²) in [5.41, 5.74) is 4.94. The first-order chi connectivity index (χ1) is 17.7. The molecule has 1 N–H and O–H groups in total. The molecule has 1 aliphatic rings. The number of hydrogen-bond acceptors (Lipinski definition) is 6. The Balaban J connectivity index is 1.68. The molecule has 0 saturated heterocycles. The second-order valence-corrected chi connectivity index (χ2v) is 9.04. The minimum Gasteiger partial charge on any atom is -0.493 e. The number of nitrogens with one attached hydrogen (secondary N) is 1. The van der Waals surface area contributed by atoms with Gasteiger partial charge in [0.2, 0.25) is 5.82 Å². The van der Waals surface area contributed by atoms with Crippen molar-refractivity contribution in [3.63, 3.8) is 0 Å². The molecule has 1 saturated carbocycles. The SMILES string of the molecule is COc1cccc(-c2cn3nc(-c4nccn4C)nc(NC4CCC4)c3c2-c2ccccc2)c1OC. The number of benzene rings is 2. The largest absolute Gasteiger partial charge is 0.493 e. The Bertz CT molecular complexity index is 1530. The molecule has 0 aliphatic heterocycles. The minimum absolute atomic E-state index is 0.395. The van der Waals surface area contributed by atoms with E-state index in [4.69, 9.17) is 19.6 Å². The van der Waals surface area contributed by atoms with Crippen LogP contribution >= 0.6 is 0 Å². The lowest BCUT2D eigenvalue weighted by Gasteiger charge is -2.27. The molecule has 6 rings (SSSR count). The van der Waals surface area contributed by atoms with Crippen molar-refractivity contribution in [2.75, 3.05) is 19.5 Å². The molecule has 0 unspecified atom stereocenters. The average Bonchev–Trinajstić information content (AvgIpc) is 3.49. The summed E-state index contributed by atoms with van der Waals surface area (Å²) in [6, 6.07) is 16.7. The van der Waals surface area contributed by atoms with E-state index in [1.54, 1.807) is 20.4 Å². The second kappa shape index (κ2) is 9.03. The molecule has 1 aliphatic carbocycles. The van der Waals surface area contributed by atoms with E-state index in [0.29, 0.717) is 29.2 Å². The number of para-hydroxylation sites is 1. The van der Waals surface area contributed by atoms with Crippen LogP contribution in [-0.4, -0.2) is 44.4 Å². The van der Waals surface area contributed by atoms with Gasteiger partial charge in [0.25, 0.3) is 0 Å². The third kappa shape index (κ3) is 3.66. The topological polar surface area (TPSA) is 78.5 Å². The van der Waals surface area contributed by atoms with Gasteiger partial charge >= 0.3 is 0 Å². The molecule has 2 aromatic carbocycles. The van der Waals surface area contributed by atoms with Crippen molar-refractivity contribution in [1.82, 2.24) is 24.1 Å². The van der Waals surface area contributed by atoms with Crippen LogP contribution in [0.1, 0.15) is 19.3 Å². The molecule has 0 radical (unpaired) electrons. The standard InChI is InChI=1S/C28H28N6O2/c1-33-16-15-29-28(33)27-31-26(30-19-11-7-12-19)24-23(18-9-5-4-6-10-18)21(17-34(24)32-27)20-13-8-14-22(35-2)25(20)36-3/h4-6,8-10,13-17,19H,7,11-12H2,1-3H3,(H,30,31,32). The third-order valence-electron chi connectivity index (χ3n) is 6.85. The predicted molar refractivity (Wildman–Crippen MR) is 140 cm³/mol. The zero-order chi connectivity index (χ0) is 24.6. The second-order valence-electron chi connectivity index (χ2n) is 9.04. The number of aromatic nitrogens is 5. The number of imidazole rings is 1. The summed E-state index contributed by atoms with van der Waals surface area (Å²) in [4.78, 5) is 9.52. The van der Waals surface area contributed by atoms with Crippen molar-refractivity contribution < 1.29 is 9.47 Å². The first-order valence-corrected chi connectivity index (χ1v) is 12.1. The first-order valence-electron chi connectivity index (χ1n) is 12.1. The lowest BCUT2D eigenvalue weighted by Crippen LogP contribution is -2.28. The first kappa shape index (κ1) is 22.2. The molecule has 0 atom stereocenters. The monoisotopic (exact) mass is 480 g/mol. The summed E-state index contributed by atoms with van der Waals surface area (Å²) in [5.74, 6) is 3.44. The molecule has 3 aromatic heterocycles. The van der Waals surface area contributed by atoms with Crippen LogP contribution in [0.5, 0.6) is 11.5 Å². The molecule has 3 heterocycles. The Morgan fingerprint density at radius 3 is 2.47 bits per heavy atom. The molecule has 1 fully saturated rings. The molecule has 0 amide bonds. The lowest BCUT2D eigenvalue weighted by molar-refractivity contribution is 0.356. The van der Waals surface area contributed by atoms with E-state index in [-0.39, 0.29) is 0 Å². The normalized spacial score (nSPS) is 13.5. The summed E-state index contributed by atoms with van der Waals surface area (Å²) in [6.07, 6.45) is 9.20. The van der Waals surface area contributed by atoms with Gasteiger partial charge in [-0.2, -0.15) is 0 Å². The maximum atomic E-state index is 5.83. The maximum Gasteiger partial charge on any atom is 0.218 e. The highest BCUT2D eigenvalue weighted by molar-refractivity contribution is 6.00. The Morgan fingerprint density at radius 1 is 0.972 bits per heavy atom. The minimum atomic E-state index is 0.395. The molecule has 0 bridgehead atoms. The molecule has 182 valence electrons. The third-order valence-corrected chi connectivity index (χ3v) is 6.85. The number of nitrogens with zero attached hydrogens (tertiary/aromatic N) is 5. The molecule has 8 heteroatoms. The fourth-order valence-corrected chi connectivity index (χ4v) is 4.81. The number of hydrogen-bond donors (Lipinski definition) is 1. The van der Waals surface area contributed by atoms with Gasteiger partial charge in [-0.25, -0.2) is 14.5 Å². The highest BCUT2D eigenvalue weighted by atomic mass is 16.5. The number of fused-ring (bicyclic) bond motifs is 1. The maximum absolute atomic E-state index is 5.83. The van der Waals surface area contributed by atoms with Gasteiger partial charge in [-0.3, -0.25) is 0 Å². The fourth-order valence-electron chi connectivity index (χ4n) is 4.81. The van der Waals surface area contributed by atoms with E-state index >= 15 is 0 Å². The van der Waals surface area contributed by atoms with Gasteiger partial charge in [-0.05, 0) is 30.9 Å². The quantitative estimate of drug-likeness (QED) is 0.334. The van der Waals surface area contributed by atoms with Gasteiger partial charge in [-0.1, -0.05) is 42.5 Å². The van der Waals surface area contributed by atoms with Crippen LogP contribution in [0.15, 0.2) is 67.1 Å². The van der Waals surface area contributed by atoms with E-state index in [9.17, 15) is 0 Å². The Morgan fingerprint density at radius 2 is 1.81 bits per heavy atom. The Labute approximate surface area is 209 Å². The van der Waals surface area contributed by atoms with Crippen LogP contribution in [0.25, 0.3) is 39.4 Å². The van der Waals surface area contributed by atoms with Crippen LogP contribution < -0.4 is 14.8 Å². The van der Waals surface area contributed by atoms with Gasteiger partial charge in [0.1, 0.15) is 5.52 Å².